The van der Waals surface area contributed by atoms with Gasteiger partial charge in [0.15, 0.2) is 0 Å². The van der Waals surface area contributed by atoms with Crippen LogP contribution in [0.2, 0.25) is 0 Å². The molecule has 18 heavy (non-hydrogen) atoms. The lowest BCUT2D eigenvalue weighted by atomic mass is 9.83. The Morgan fingerprint density at radius 3 is 2.78 bits per heavy atom. The molecule has 0 spiro atoms. The predicted molar refractivity (Wildman–Crippen MR) is 73.6 cm³/mol. The summed E-state index contributed by atoms with van der Waals surface area (Å²) in [6.45, 7) is 5.71. The summed E-state index contributed by atoms with van der Waals surface area (Å²) in [6.07, 6.45) is 8.19. The van der Waals surface area contributed by atoms with Crippen LogP contribution in [-0.4, -0.2) is 43.2 Å². The molecule has 0 aromatic heterocycles. The van der Waals surface area contributed by atoms with Gasteiger partial charge in [0.05, 0.1) is 0 Å². The van der Waals surface area contributed by atoms with E-state index >= 15 is 0 Å². The zero-order valence-electron chi connectivity index (χ0n) is 11.6. The van der Waals surface area contributed by atoms with Gasteiger partial charge in [0.25, 0.3) is 0 Å². The van der Waals surface area contributed by atoms with E-state index < -0.39 is 0 Å². The topological polar surface area (TPSA) is 44.4 Å². The van der Waals surface area contributed by atoms with E-state index in [1.165, 1.54) is 38.5 Å². The molecule has 1 unspecified atom stereocenters. The predicted octanol–water partition coefficient (Wildman–Crippen LogP) is 1.96. The Kier molecular flexibility index (Phi) is 5.29. The highest BCUT2D eigenvalue weighted by Gasteiger charge is 2.23. The fourth-order valence-corrected chi connectivity index (χ4v) is 3.29. The Labute approximate surface area is 110 Å². The highest BCUT2D eigenvalue weighted by molar-refractivity contribution is 5.76. The molecule has 2 fully saturated rings. The van der Waals surface area contributed by atoms with E-state index in [2.05, 4.69) is 17.6 Å². The third-order valence-corrected chi connectivity index (χ3v) is 4.39. The van der Waals surface area contributed by atoms with Gasteiger partial charge in [-0.15, -0.1) is 0 Å². The van der Waals surface area contributed by atoms with Crippen LogP contribution in [0.15, 0.2) is 0 Å². The Morgan fingerprint density at radius 2 is 2.17 bits per heavy atom. The number of amides is 2. The first kappa shape index (κ1) is 13.7. The zero-order chi connectivity index (χ0) is 12.8. The molecule has 2 aliphatic rings. The lowest BCUT2D eigenvalue weighted by Gasteiger charge is -2.31. The maximum atomic E-state index is 11.4. The summed E-state index contributed by atoms with van der Waals surface area (Å²) in [5.41, 5.74) is 0. The lowest BCUT2D eigenvalue weighted by Crippen LogP contribution is -2.42. The Bertz CT molecular complexity index is 264. The minimum absolute atomic E-state index is 0.0996. The van der Waals surface area contributed by atoms with Crippen molar-refractivity contribution in [2.24, 2.45) is 5.92 Å². The van der Waals surface area contributed by atoms with Gasteiger partial charge in [-0.3, -0.25) is 0 Å². The second kappa shape index (κ2) is 6.98. The van der Waals surface area contributed by atoms with Gasteiger partial charge in [0.2, 0.25) is 0 Å². The zero-order valence-corrected chi connectivity index (χ0v) is 11.6. The minimum Gasteiger partial charge on any atom is -0.336 e. The number of nitrogens with one attached hydrogen (secondary N) is 2. The third kappa shape index (κ3) is 3.61. The van der Waals surface area contributed by atoms with Gasteiger partial charge in [-0.25, -0.2) is 4.79 Å². The van der Waals surface area contributed by atoms with Crippen molar-refractivity contribution in [1.82, 2.24) is 15.5 Å². The van der Waals surface area contributed by atoms with Crippen LogP contribution in [0, 0.1) is 5.92 Å². The maximum Gasteiger partial charge on any atom is 0.317 e. The van der Waals surface area contributed by atoms with E-state index in [4.69, 9.17) is 0 Å². The minimum atomic E-state index is 0.0996. The average Bonchev–Trinajstić information content (AvgIpc) is 2.81. The molecular weight excluding hydrogens is 226 g/mol. The van der Waals surface area contributed by atoms with Crippen LogP contribution in [0.5, 0.6) is 0 Å². The fraction of sp³-hybridized carbons (Fsp3) is 0.929. The molecule has 1 heterocycles. The van der Waals surface area contributed by atoms with Gasteiger partial charge in [0, 0.05) is 32.2 Å². The maximum absolute atomic E-state index is 11.4. The summed E-state index contributed by atoms with van der Waals surface area (Å²) in [4.78, 5) is 13.3. The van der Waals surface area contributed by atoms with E-state index in [0.717, 1.165) is 32.1 Å². The summed E-state index contributed by atoms with van der Waals surface area (Å²) >= 11 is 0. The molecule has 1 atom stereocenters. The van der Waals surface area contributed by atoms with Gasteiger partial charge in [-0.05, 0) is 25.2 Å². The Balaban J connectivity index is 1.68. The number of nitrogens with zero attached hydrogens (tertiary/aromatic N) is 1. The number of hydrogen-bond donors (Lipinski definition) is 2. The van der Waals surface area contributed by atoms with Crippen LogP contribution in [-0.2, 0) is 0 Å². The van der Waals surface area contributed by atoms with Gasteiger partial charge in [-0.2, -0.15) is 0 Å². The van der Waals surface area contributed by atoms with E-state index in [-0.39, 0.29) is 6.03 Å². The summed E-state index contributed by atoms with van der Waals surface area (Å²) in [5.74, 6) is 0.858. The van der Waals surface area contributed by atoms with Crippen molar-refractivity contribution in [2.75, 3.05) is 26.2 Å². The van der Waals surface area contributed by atoms with Gasteiger partial charge in [0.1, 0.15) is 0 Å². The Morgan fingerprint density at radius 1 is 1.39 bits per heavy atom. The second-order valence-corrected chi connectivity index (χ2v) is 5.59. The lowest BCUT2D eigenvalue weighted by molar-refractivity contribution is 0.213. The largest absolute Gasteiger partial charge is 0.336 e. The average molecular weight is 253 g/mol. The molecule has 0 bridgehead atoms. The second-order valence-electron chi connectivity index (χ2n) is 5.59. The molecule has 1 aliphatic heterocycles. The van der Waals surface area contributed by atoms with Crippen LogP contribution in [0.1, 0.15) is 45.4 Å². The van der Waals surface area contributed by atoms with Gasteiger partial charge in [-0.1, -0.05) is 26.2 Å². The molecule has 1 aliphatic carbocycles. The highest BCUT2D eigenvalue weighted by Crippen LogP contribution is 2.27. The summed E-state index contributed by atoms with van der Waals surface area (Å²) in [6, 6.07) is 0.749. The summed E-state index contributed by atoms with van der Waals surface area (Å²) < 4.78 is 0. The standard InChI is InChI=1S/C14H27N3O/c1-2-13(12-6-4-3-5-7-12)15-8-10-17-11-9-16-14(17)18/h12-13,15H,2-11H2,1H3,(H,16,18). The van der Waals surface area contributed by atoms with E-state index in [1.807, 2.05) is 4.90 Å². The molecule has 104 valence electrons. The molecule has 1 saturated carbocycles. The van der Waals surface area contributed by atoms with Crippen molar-refractivity contribution in [3.05, 3.63) is 0 Å². The molecule has 0 aromatic rings. The van der Waals surface area contributed by atoms with Crippen molar-refractivity contribution < 1.29 is 4.79 Å². The van der Waals surface area contributed by atoms with Gasteiger partial charge >= 0.3 is 6.03 Å². The molecule has 2 rings (SSSR count). The molecular formula is C14H27N3O. The van der Waals surface area contributed by atoms with Crippen LogP contribution in [0.25, 0.3) is 0 Å². The SMILES string of the molecule is CCC(NCCN1CCNC1=O)C1CCCCC1. The van der Waals surface area contributed by atoms with Crippen LogP contribution >= 0.6 is 0 Å². The number of urea groups is 1. The number of hydrogen-bond acceptors (Lipinski definition) is 2. The van der Waals surface area contributed by atoms with Gasteiger partial charge < -0.3 is 15.5 Å². The van der Waals surface area contributed by atoms with Crippen LogP contribution in [0.4, 0.5) is 4.79 Å². The van der Waals surface area contributed by atoms with Crippen molar-refractivity contribution in [2.45, 2.75) is 51.5 Å². The number of carbonyl (C=O) groups excluding carboxylic acids is 1. The Hall–Kier alpha value is -0.770. The van der Waals surface area contributed by atoms with Crippen LogP contribution < -0.4 is 10.6 Å². The monoisotopic (exact) mass is 253 g/mol. The summed E-state index contributed by atoms with van der Waals surface area (Å²) in [5, 5.41) is 6.51. The van der Waals surface area contributed by atoms with E-state index in [0.29, 0.717) is 6.04 Å². The van der Waals surface area contributed by atoms with E-state index in [9.17, 15) is 4.79 Å². The van der Waals surface area contributed by atoms with Crippen molar-refractivity contribution in [3.63, 3.8) is 0 Å². The number of carbonyl (C=O) groups is 1. The molecule has 2 amide bonds. The smallest absolute Gasteiger partial charge is 0.317 e. The first-order chi connectivity index (χ1) is 8.81. The molecule has 0 radical (unpaired) electrons. The first-order valence-electron chi connectivity index (χ1n) is 7.57. The van der Waals surface area contributed by atoms with Crippen molar-refractivity contribution in [3.8, 4) is 0 Å². The van der Waals surface area contributed by atoms with E-state index in [1.54, 1.807) is 0 Å². The quantitative estimate of drug-likeness (QED) is 0.760. The van der Waals surface area contributed by atoms with Crippen molar-refractivity contribution >= 4 is 6.03 Å². The normalized spacial score (nSPS) is 23.2. The first-order valence-corrected chi connectivity index (χ1v) is 7.57. The summed E-state index contributed by atoms with van der Waals surface area (Å²) in [7, 11) is 0. The van der Waals surface area contributed by atoms with Crippen molar-refractivity contribution in [1.29, 1.82) is 0 Å². The molecule has 1 saturated heterocycles. The van der Waals surface area contributed by atoms with Crippen LogP contribution in [0.3, 0.4) is 0 Å². The molecule has 2 N–H and O–H groups in total. The number of rotatable bonds is 6. The highest BCUT2D eigenvalue weighted by atomic mass is 16.2. The molecule has 0 aromatic carbocycles. The molecule has 4 nitrogen and oxygen atoms in total. The fourth-order valence-electron chi connectivity index (χ4n) is 3.29. The molecule has 4 heteroatoms. The third-order valence-electron chi connectivity index (χ3n) is 4.39.